The van der Waals surface area contributed by atoms with Crippen LogP contribution in [0.25, 0.3) is 0 Å². The fraction of sp³-hybridized carbons (Fsp3) is 0.333. The SMILES string of the molecule is CC1(C(=O)O)CC(c2ccc(Br)s2)=NO1. The Morgan fingerprint density at radius 1 is 1.73 bits per heavy atom. The Kier molecular flexibility index (Phi) is 2.56. The molecule has 1 unspecified atom stereocenters. The van der Waals surface area contributed by atoms with Crippen LogP contribution in [0.2, 0.25) is 0 Å². The summed E-state index contributed by atoms with van der Waals surface area (Å²) in [5.74, 6) is -0.989. The zero-order valence-electron chi connectivity index (χ0n) is 7.86. The van der Waals surface area contributed by atoms with Gasteiger partial charge in [0, 0.05) is 6.42 Å². The maximum Gasteiger partial charge on any atom is 0.351 e. The molecule has 2 rings (SSSR count). The van der Waals surface area contributed by atoms with Crippen molar-refractivity contribution in [3.8, 4) is 0 Å². The van der Waals surface area contributed by atoms with Crippen LogP contribution >= 0.6 is 27.3 Å². The minimum atomic E-state index is -1.22. The van der Waals surface area contributed by atoms with E-state index in [2.05, 4.69) is 21.1 Å². The molecule has 6 heteroatoms. The third kappa shape index (κ3) is 1.91. The maximum atomic E-state index is 10.9. The van der Waals surface area contributed by atoms with Crippen molar-refractivity contribution in [1.82, 2.24) is 0 Å². The molecule has 0 radical (unpaired) electrons. The number of carboxylic acid groups (broad SMARTS) is 1. The summed E-state index contributed by atoms with van der Waals surface area (Å²) in [6.07, 6.45) is 0.301. The predicted octanol–water partition coefficient (Wildman–Crippen LogP) is 2.48. The number of carbonyl (C=O) groups is 1. The molecule has 4 nitrogen and oxygen atoms in total. The van der Waals surface area contributed by atoms with Crippen molar-refractivity contribution in [1.29, 1.82) is 0 Å². The smallest absolute Gasteiger partial charge is 0.351 e. The van der Waals surface area contributed by atoms with E-state index >= 15 is 0 Å². The number of rotatable bonds is 2. The van der Waals surface area contributed by atoms with E-state index < -0.39 is 11.6 Å². The summed E-state index contributed by atoms with van der Waals surface area (Å²) < 4.78 is 0.990. The van der Waals surface area contributed by atoms with Crippen LogP contribution in [0.1, 0.15) is 18.2 Å². The average Bonchev–Trinajstić information content (AvgIpc) is 2.73. The van der Waals surface area contributed by atoms with Crippen LogP contribution in [0.4, 0.5) is 0 Å². The van der Waals surface area contributed by atoms with Crippen molar-refractivity contribution in [3.63, 3.8) is 0 Å². The van der Waals surface area contributed by atoms with E-state index in [1.165, 1.54) is 18.3 Å². The van der Waals surface area contributed by atoms with Crippen LogP contribution in [0.3, 0.4) is 0 Å². The highest BCUT2D eigenvalue weighted by Gasteiger charge is 2.42. The van der Waals surface area contributed by atoms with E-state index in [1.807, 2.05) is 12.1 Å². The fourth-order valence-electron chi connectivity index (χ4n) is 1.26. The molecular formula is C9H8BrNO3S. The second-order valence-corrected chi connectivity index (χ2v) is 5.91. The molecule has 1 N–H and O–H groups in total. The van der Waals surface area contributed by atoms with E-state index in [1.54, 1.807) is 0 Å². The minimum absolute atomic E-state index is 0.301. The third-order valence-electron chi connectivity index (χ3n) is 2.17. The van der Waals surface area contributed by atoms with E-state index in [0.717, 1.165) is 8.66 Å². The van der Waals surface area contributed by atoms with Gasteiger partial charge in [-0.15, -0.1) is 11.3 Å². The molecule has 15 heavy (non-hydrogen) atoms. The molecular weight excluding hydrogens is 282 g/mol. The minimum Gasteiger partial charge on any atom is -0.478 e. The number of thiophene rings is 1. The molecule has 0 amide bonds. The lowest BCUT2D eigenvalue weighted by Gasteiger charge is -2.14. The van der Waals surface area contributed by atoms with Gasteiger partial charge in [-0.1, -0.05) is 5.16 Å². The van der Waals surface area contributed by atoms with Crippen molar-refractivity contribution in [2.75, 3.05) is 0 Å². The van der Waals surface area contributed by atoms with Gasteiger partial charge in [-0.05, 0) is 35.0 Å². The zero-order chi connectivity index (χ0) is 11.1. The maximum absolute atomic E-state index is 10.9. The topological polar surface area (TPSA) is 58.9 Å². The van der Waals surface area contributed by atoms with Gasteiger partial charge in [0.05, 0.1) is 8.66 Å². The first-order valence-electron chi connectivity index (χ1n) is 4.25. The van der Waals surface area contributed by atoms with Crippen LogP contribution < -0.4 is 0 Å². The summed E-state index contributed by atoms with van der Waals surface area (Å²) in [5, 5.41) is 12.8. The molecule has 0 aromatic carbocycles. The van der Waals surface area contributed by atoms with Gasteiger partial charge in [-0.3, -0.25) is 0 Å². The number of halogens is 1. The summed E-state index contributed by atoms with van der Waals surface area (Å²) in [6, 6.07) is 3.80. The van der Waals surface area contributed by atoms with Crippen LogP contribution in [0, 0.1) is 0 Å². The van der Waals surface area contributed by atoms with Crippen molar-refractivity contribution in [2.45, 2.75) is 18.9 Å². The second-order valence-electron chi connectivity index (χ2n) is 3.45. The molecule has 80 valence electrons. The molecule has 1 aromatic heterocycles. The zero-order valence-corrected chi connectivity index (χ0v) is 10.3. The van der Waals surface area contributed by atoms with Gasteiger partial charge >= 0.3 is 5.97 Å². The van der Waals surface area contributed by atoms with Crippen molar-refractivity contribution >= 4 is 38.9 Å². The molecule has 2 heterocycles. The Balaban J connectivity index is 2.20. The van der Waals surface area contributed by atoms with Crippen LogP contribution in [0.15, 0.2) is 21.1 Å². The van der Waals surface area contributed by atoms with E-state index in [9.17, 15) is 4.79 Å². The van der Waals surface area contributed by atoms with Gasteiger partial charge in [0.2, 0.25) is 5.60 Å². The highest BCUT2D eigenvalue weighted by molar-refractivity contribution is 9.11. The number of oxime groups is 1. The number of hydrogen-bond donors (Lipinski definition) is 1. The van der Waals surface area contributed by atoms with Gasteiger partial charge < -0.3 is 9.94 Å². The summed E-state index contributed by atoms with van der Waals surface area (Å²) in [7, 11) is 0. The van der Waals surface area contributed by atoms with E-state index in [0.29, 0.717) is 12.1 Å². The van der Waals surface area contributed by atoms with Crippen molar-refractivity contribution in [2.24, 2.45) is 5.16 Å². The first-order valence-corrected chi connectivity index (χ1v) is 5.86. The molecule has 1 aliphatic rings. The van der Waals surface area contributed by atoms with Gasteiger partial charge in [-0.2, -0.15) is 0 Å². The van der Waals surface area contributed by atoms with Gasteiger partial charge in [0.15, 0.2) is 0 Å². The molecule has 1 aliphatic heterocycles. The van der Waals surface area contributed by atoms with Crippen molar-refractivity contribution < 1.29 is 14.7 Å². The Hall–Kier alpha value is -0.880. The first kappa shape index (κ1) is 10.6. The molecule has 0 spiro atoms. The lowest BCUT2D eigenvalue weighted by atomic mass is 10.00. The van der Waals surface area contributed by atoms with Gasteiger partial charge in [-0.25, -0.2) is 4.79 Å². The Bertz CT molecular complexity index is 442. The van der Waals surface area contributed by atoms with E-state index in [4.69, 9.17) is 9.94 Å². The Morgan fingerprint density at radius 2 is 2.47 bits per heavy atom. The quantitative estimate of drug-likeness (QED) is 0.910. The largest absolute Gasteiger partial charge is 0.478 e. The predicted molar refractivity (Wildman–Crippen MR) is 60.3 cm³/mol. The highest BCUT2D eigenvalue weighted by Crippen LogP contribution is 2.31. The number of hydrogen-bond acceptors (Lipinski definition) is 4. The molecule has 1 atom stereocenters. The molecule has 0 saturated heterocycles. The number of aliphatic carboxylic acids is 1. The van der Waals surface area contributed by atoms with Crippen molar-refractivity contribution in [3.05, 3.63) is 20.8 Å². The molecule has 1 aromatic rings. The second kappa shape index (κ2) is 3.61. The summed E-state index contributed by atoms with van der Waals surface area (Å²) in [6.45, 7) is 1.52. The van der Waals surface area contributed by atoms with Crippen LogP contribution in [0.5, 0.6) is 0 Å². The Labute approximate surface area is 98.7 Å². The Morgan fingerprint density at radius 3 is 2.93 bits per heavy atom. The summed E-state index contributed by atoms with van der Waals surface area (Å²) in [4.78, 5) is 16.8. The van der Waals surface area contributed by atoms with E-state index in [-0.39, 0.29) is 0 Å². The molecule has 0 bridgehead atoms. The number of carboxylic acids is 1. The van der Waals surface area contributed by atoms with Crippen LogP contribution in [-0.4, -0.2) is 22.4 Å². The first-order chi connectivity index (χ1) is 7.01. The normalized spacial score (nSPS) is 24.8. The van der Waals surface area contributed by atoms with Gasteiger partial charge in [0.1, 0.15) is 5.71 Å². The summed E-state index contributed by atoms with van der Waals surface area (Å²) >= 11 is 4.85. The lowest BCUT2D eigenvalue weighted by Crippen LogP contribution is -2.35. The highest BCUT2D eigenvalue weighted by atomic mass is 79.9. The standard InChI is InChI=1S/C9H8BrNO3S/c1-9(8(12)13)4-5(11-14-9)6-2-3-7(10)15-6/h2-3H,4H2,1H3,(H,12,13). The average molecular weight is 290 g/mol. The molecule has 0 aliphatic carbocycles. The fourth-order valence-corrected chi connectivity index (χ4v) is 2.62. The third-order valence-corrected chi connectivity index (χ3v) is 3.84. The molecule has 0 fully saturated rings. The van der Waals surface area contributed by atoms with Crippen LogP contribution in [-0.2, 0) is 9.63 Å². The van der Waals surface area contributed by atoms with Gasteiger partial charge in [0.25, 0.3) is 0 Å². The summed E-state index contributed by atoms with van der Waals surface area (Å²) in [5.41, 5.74) is -0.526. The number of nitrogens with zero attached hydrogens (tertiary/aromatic N) is 1. The lowest BCUT2D eigenvalue weighted by molar-refractivity contribution is -0.160. The molecule has 0 saturated carbocycles. The monoisotopic (exact) mass is 289 g/mol.